The highest BCUT2D eigenvalue weighted by Gasteiger charge is 2.27. The molecule has 1 aliphatic heterocycles. The third kappa shape index (κ3) is 3.73. The quantitative estimate of drug-likeness (QED) is 0.708. The number of amides is 1. The summed E-state index contributed by atoms with van der Waals surface area (Å²) in [7, 11) is 0. The summed E-state index contributed by atoms with van der Waals surface area (Å²) in [5.41, 5.74) is 5.57. The van der Waals surface area contributed by atoms with Crippen LogP contribution in [0.5, 0.6) is 0 Å². The van der Waals surface area contributed by atoms with Crippen molar-refractivity contribution < 1.29 is 9.18 Å². The van der Waals surface area contributed by atoms with Crippen molar-refractivity contribution in [3.05, 3.63) is 76.4 Å². The number of halogens is 1. The topological polar surface area (TPSA) is 63.1 Å². The molecule has 154 valence electrons. The molecular formula is C23H24FN5O. The molecule has 30 heavy (non-hydrogen) atoms. The van der Waals surface area contributed by atoms with Crippen molar-refractivity contribution in [2.75, 3.05) is 6.54 Å². The van der Waals surface area contributed by atoms with Crippen LogP contribution in [0.1, 0.15) is 45.7 Å². The molecule has 0 saturated heterocycles. The fourth-order valence-electron chi connectivity index (χ4n) is 4.12. The van der Waals surface area contributed by atoms with Gasteiger partial charge in [-0.25, -0.2) is 9.07 Å². The molecule has 2 heterocycles. The van der Waals surface area contributed by atoms with Crippen LogP contribution in [0.3, 0.4) is 0 Å². The number of aromatic nitrogens is 3. The molecule has 3 aromatic rings. The smallest absolute Gasteiger partial charge is 0.273 e. The average molecular weight is 405 g/mol. The van der Waals surface area contributed by atoms with E-state index in [4.69, 9.17) is 0 Å². The van der Waals surface area contributed by atoms with Crippen molar-refractivity contribution in [3.63, 3.8) is 0 Å². The van der Waals surface area contributed by atoms with Crippen LogP contribution in [-0.2, 0) is 19.5 Å². The Morgan fingerprint density at radius 1 is 1.23 bits per heavy atom. The Labute approximate surface area is 174 Å². The predicted molar refractivity (Wildman–Crippen MR) is 111 cm³/mol. The molecule has 0 atom stereocenters. The second-order valence-electron chi connectivity index (χ2n) is 8.19. The second-order valence-corrected chi connectivity index (χ2v) is 8.19. The maximum atomic E-state index is 13.5. The SMILES string of the molecule is Cc1c(C(=O)NC2CC2)nnn1-c1cccc2c1CCN(Cc1cccc(F)c1)C2. The molecule has 0 unspecified atom stereocenters. The molecule has 0 spiro atoms. The largest absolute Gasteiger partial charge is 0.348 e. The molecule has 1 aromatic heterocycles. The van der Waals surface area contributed by atoms with Gasteiger partial charge in [-0.3, -0.25) is 9.69 Å². The minimum Gasteiger partial charge on any atom is -0.348 e. The van der Waals surface area contributed by atoms with Gasteiger partial charge in [-0.2, -0.15) is 0 Å². The third-order valence-corrected chi connectivity index (χ3v) is 5.87. The Bertz CT molecular complexity index is 1100. The standard InChI is InChI=1S/C23H24FN5O/c1-15-22(23(30)25-19-8-9-19)26-27-29(15)21-7-3-5-17-14-28(11-10-20(17)21)13-16-4-2-6-18(24)12-16/h2-7,12,19H,8-11,13-14H2,1H3,(H,25,30). The number of hydrogen-bond acceptors (Lipinski definition) is 4. The minimum absolute atomic E-state index is 0.146. The number of hydrogen-bond donors (Lipinski definition) is 1. The van der Waals surface area contributed by atoms with Gasteiger partial charge in [-0.1, -0.05) is 29.5 Å². The zero-order valence-electron chi connectivity index (χ0n) is 16.9. The van der Waals surface area contributed by atoms with Crippen LogP contribution in [-0.4, -0.2) is 38.4 Å². The Morgan fingerprint density at radius 2 is 2.07 bits per heavy atom. The van der Waals surface area contributed by atoms with E-state index in [0.29, 0.717) is 5.69 Å². The van der Waals surface area contributed by atoms with Gasteiger partial charge in [0, 0.05) is 25.7 Å². The van der Waals surface area contributed by atoms with Crippen molar-refractivity contribution in [3.8, 4) is 5.69 Å². The fourth-order valence-corrected chi connectivity index (χ4v) is 4.12. The first-order valence-corrected chi connectivity index (χ1v) is 10.4. The zero-order valence-corrected chi connectivity index (χ0v) is 16.9. The highest BCUT2D eigenvalue weighted by Crippen LogP contribution is 2.27. The number of carbonyl (C=O) groups is 1. The molecule has 6 nitrogen and oxygen atoms in total. The number of rotatable bonds is 5. The van der Waals surface area contributed by atoms with Crippen LogP contribution in [0.4, 0.5) is 4.39 Å². The molecule has 0 bridgehead atoms. The van der Waals surface area contributed by atoms with Gasteiger partial charge in [0.2, 0.25) is 0 Å². The lowest BCUT2D eigenvalue weighted by Crippen LogP contribution is -2.31. The maximum Gasteiger partial charge on any atom is 0.273 e. The summed E-state index contributed by atoms with van der Waals surface area (Å²) in [4.78, 5) is 14.8. The summed E-state index contributed by atoms with van der Waals surface area (Å²) in [5, 5.41) is 11.4. The van der Waals surface area contributed by atoms with Crippen molar-refractivity contribution in [2.24, 2.45) is 0 Å². The Balaban J connectivity index is 1.38. The van der Waals surface area contributed by atoms with Crippen LogP contribution in [0.2, 0.25) is 0 Å². The predicted octanol–water partition coefficient (Wildman–Crippen LogP) is 3.17. The van der Waals surface area contributed by atoms with E-state index >= 15 is 0 Å². The summed E-state index contributed by atoms with van der Waals surface area (Å²) < 4.78 is 15.3. The summed E-state index contributed by atoms with van der Waals surface area (Å²) in [6.07, 6.45) is 2.94. The summed E-state index contributed by atoms with van der Waals surface area (Å²) in [5.74, 6) is -0.345. The minimum atomic E-state index is -0.199. The van der Waals surface area contributed by atoms with E-state index in [1.165, 1.54) is 17.2 Å². The van der Waals surface area contributed by atoms with E-state index in [-0.39, 0.29) is 17.8 Å². The summed E-state index contributed by atoms with van der Waals surface area (Å²) in [6.45, 7) is 4.28. The van der Waals surface area contributed by atoms with Gasteiger partial charge in [-0.15, -0.1) is 5.10 Å². The van der Waals surface area contributed by atoms with Crippen molar-refractivity contribution in [1.82, 2.24) is 25.2 Å². The second kappa shape index (κ2) is 7.65. The molecule has 1 fully saturated rings. The zero-order chi connectivity index (χ0) is 20.7. The molecule has 1 amide bonds. The number of nitrogens with zero attached hydrogens (tertiary/aromatic N) is 4. The first-order valence-electron chi connectivity index (χ1n) is 10.4. The Hall–Kier alpha value is -3.06. The highest BCUT2D eigenvalue weighted by molar-refractivity contribution is 5.93. The first-order chi connectivity index (χ1) is 14.6. The Kier molecular flexibility index (Phi) is 4.83. The van der Waals surface area contributed by atoms with Gasteiger partial charge in [-0.05, 0) is 61.1 Å². The van der Waals surface area contributed by atoms with E-state index < -0.39 is 0 Å². The van der Waals surface area contributed by atoms with Gasteiger partial charge in [0.1, 0.15) is 5.82 Å². The monoisotopic (exact) mass is 405 g/mol. The van der Waals surface area contributed by atoms with Crippen molar-refractivity contribution in [2.45, 2.75) is 45.3 Å². The normalized spacial score (nSPS) is 16.3. The summed E-state index contributed by atoms with van der Waals surface area (Å²) >= 11 is 0. The van der Waals surface area contributed by atoms with Gasteiger partial charge < -0.3 is 5.32 Å². The van der Waals surface area contributed by atoms with Crippen molar-refractivity contribution >= 4 is 5.91 Å². The highest BCUT2D eigenvalue weighted by atomic mass is 19.1. The average Bonchev–Trinajstić information content (AvgIpc) is 3.46. The third-order valence-electron chi connectivity index (χ3n) is 5.87. The van der Waals surface area contributed by atoms with E-state index in [2.05, 4.69) is 26.6 Å². The number of nitrogens with one attached hydrogen (secondary N) is 1. The lowest BCUT2D eigenvalue weighted by molar-refractivity contribution is 0.0945. The number of benzene rings is 2. The molecule has 2 aliphatic rings. The molecule has 1 aliphatic carbocycles. The molecular weight excluding hydrogens is 381 g/mol. The molecule has 1 N–H and O–H groups in total. The first kappa shape index (κ1) is 18.9. The number of carbonyl (C=O) groups excluding carboxylic acids is 1. The van der Waals surface area contributed by atoms with Crippen molar-refractivity contribution in [1.29, 1.82) is 0 Å². The van der Waals surface area contributed by atoms with Gasteiger partial charge in [0.15, 0.2) is 5.69 Å². The van der Waals surface area contributed by atoms with Crippen LogP contribution in [0.25, 0.3) is 5.69 Å². The van der Waals surface area contributed by atoms with Crippen LogP contribution in [0, 0.1) is 12.7 Å². The lowest BCUT2D eigenvalue weighted by Gasteiger charge is -2.30. The Morgan fingerprint density at radius 3 is 2.87 bits per heavy atom. The van der Waals surface area contributed by atoms with Gasteiger partial charge >= 0.3 is 0 Å². The molecule has 7 heteroatoms. The lowest BCUT2D eigenvalue weighted by atomic mass is 9.97. The molecule has 1 saturated carbocycles. The van der Waals surface area contributed by atoms with E-state index in [1.54, 1.807) is 16.8 Å². The van der Waals surface area contributed by atoms with E-state index in [1.807, 2.05) is 25.1 Å². The maximum absolute atomic E-state index is 13.5. The molecule has 5 rings (SSSR count). The summed E-state index contributed by atoms with van der Waals surface area (Å²) in [6, 6.07) is 13.3. The molecule has 0 radical (unpaired) electrons. The van der Waals surface area contributed by atoms with Crippen LogP contribution < -0.4 is 5.32 Å². The van der Waals surface area contributed by atoms with E-state index in [0.717, 1.165) is 55.8 Å². The van der Waals surface area contributed by atoms with Gasteiger partial charge in [0.25, 0.3) is 5.91 Å². The van der Waals surface area contributed by atoms with Gasteiger partial charge in [0.05, 0.1) is 11.4 Å². The molecule has 2 aromatic carbocycles. The number of fused-ring (bicyclic) bond motifs is 1. The van der Waals surface area contributed by atoms with Crippen LogP contribution >= 0.6 is 0 Å². The fraction of sp³-hybridized carbons (Fsp3) is 0.348. The van der Waals surface area contributed by atoms with E-state index in [9.17, 15) is 9.18 Å². The van der Waals surface area contributed by atoms with Crippen LogP contribution in [0.15, 0.2) is 42.5 Å².